The number of nitrogen functional groups attached to an aromatic ring is 1. The molecule has 0 atom stereocenters. The number of rotatable bonds is 0. The largest absolute Gasteiger partial charge is 0.393 e. The standard InChI is InChI=1S/C6H4N6O.C5H11NO/c7-1-12-5(13)3-4(10-2-9-3)11-6(12)8;7-5-1-3-6-4-2-5/h2H,(H2,8,11)(H,9,10);5-7H,1-4H2. The van der Waals surface area contributed by atoms with Gasteiger partial charge in [0.1, 0.15) is 0 Å². The number of anilines is 1. The molecule has 1 aliphatic heterocycles. The van der Waals surface area contributed by atoms with Crippen LogP contribution in [0.1, 0.15) is 12.8 Å². The molecule has 0 amide bonds. The van der Waals surface area contributed by atoms with Crippen molar-refractivity contribution >= 4 is 17.1 Å². The lowest BCUT2D eigenvalue weighted by Gasteiger charge is -2.16. The first-order valence-electron chi connectivity index (χ1n) is 6.14. The second-order valence-electron chi connectivity index (χ2n) is 4.29. The second-order valence-corrected chi connectivity index (χ2v) is 4.29. The summed E-state index contributed by atoms with van der Waals surface area (Å²) < 4.78 is 0.695. The van der Waals surface area contributed by atoms with Gasteiger partial charge in [-0.25, -0.2) is 4.98 Å². The maximum Gasteiger partial charge on any atom is 0.294 e. The molecule has 3 rings (SSSR count). The number of nitrogens with one attached hydrogen (secondary N) is 2. The summed E-state index contributed by atoms with van der Waals surface area (Å²) in [6, 6.07) is 0. The molecule has 0 aromatic carbocycles. The van der Waals surface area contributed by atoms with Crippen molar-refractivity contribution in [3.05, 3.63) is 16.7 Å². The zero-order valence-corrected chi connectivity index (χ0v) is 10.7. The zero-order valence-electron chi connectivity index (χ0n) is 10.7. The second kappa shape index (κ2) is 6.14. The molecule has 0 spiro atoms. The predicted octanol–water partition coefficient (Wildman–Crippen LogP) is -1.24. The van der Waals surface area contributed by atoms with Gasteiger partial charge in [-0.1, -0.05) is 0 Å². The number of aromatic amines is 1. The first kappa shape index (κ1) is 14.0. The molecular weight excluding hydrogens is 262 g/mol. The van der Waals surface area contributed by atoms with Crippen LogP contribution in [0.25, 0.3) is 11.2 Å². The lowest BCUT2D eigenvalue weighted by molar-refractivity contribution is 0.137. The Morgan fingerprint density at radius 2 is 2.20 bits per heavy atom. The molecule has 9 nitrogen and oxygen atoms in total. The van der Waals surface area contributed by atoms with Gasteiger partial charge >= 0.3 is 0 Å². The van der Waals surface area contributed by atoms with Gasteiger partial charge in [-0.05, 0) is 25.9 Å². The Morgan fingerprint density at radius 1 is 1.50 bits per heavy atom. The van der Waals surface area contributed by atoms with Gasteiger partial charge in [0.2, 0.25) is 5.95 Å². The molecule has 20 heavy (non-hydrogen) atoms. The van der Waals surface area contributed by atoms with Gasteiger partial charge in [-0.3, -0.25) is 4.79 Å². The van der Waals surface area contributed by atoms with Crippen LogP contribution in [0, 0.1) is 11.5 Å². The van der Waals surface area contributed by atoms with Crippen LogP contribution in [0.2, 0.25) is 0 Å². The highest BCUT2D eigenvalue weighted by Gasteiger charge is 2.09. The molecule has 2 aromatic rings. The van der Waals surface area contributed by atoms with Crippen molar-refractivity contribution in [1.82, 2.24) is 24.8 Å². The highest BCUT2D eigenvalue weighted by molar-refractivity contribution is 5.70. The fourth-order valence-electron chi connectivity index (χ4n) is 1.81. The molecule has 1 fully saturated rings. The number of piperidine rings is 1. The SMILES string of the molecule is N#Cn1c(N)nc2nc[nH]c2c1=O.OC1CCNCC1. The van der Waals surface area contributed by atoms with E-state index in [1.165, 1.54) is 6.33 Å². The number of nitriles is 1. The Kier molecular flexibility index (Phi) is 4.29. The minimum absolute atomic E-state index is 0.0266. The predicted molar refractivity (Wildman–Crippen MR) is 71.7 cm³/mol. The molecule has 0 unspecified atom stereocenters. The lowest BCUT2D eigenvalue weighted by atomic mass is 10.1. The van der Waals surface area contributed by atoms with Crippen LogP contribution in [0.15, 0.2) is 11.1 Å². The molecule has 2 aromatic heterocycles. The van der Waals surface area contributed by atoms with Crippen molar-refractivity contribution in [2.75, 3.05) is 18.8 Å². The van der Waals surface area contributed by atoms with Gasteiger partial charge in [0, 0.05) is 0 Å². The maximum atomic E-state index is 11.4. The van der Waals surface area contributed by atoms with Crippen molar-refractivity contribution in [2.24, 2.45) is 0 Å². The summed E-state index contributed by atoms with van der Waals surface area (Å²) in [4.78, 5) is 21.5. The van der Waals surface area contributed by atoms with Gasteiger partial charge in [-0.2, -0.15) is 14.8 Å². The Hall–Kier alpha value is -2.44. The first-order chi connectivity index (χ1) is 9.63. The maximum absolute atomic E-state index is 11.4. The van der Waals surface area contributed by atoms with E-state index in [2.05, 4.69) is 20.3 Å². The average molecular weight is 277 g/mol. The molecule has 0 aliphatic carbocycles. The van der Waals surface area contributed by atoms with Gasteiger partial charge in [0.05, 0.1) is 12.4 Å². The number of H-pyrrole nitrogens is 1. The highest BCUT2D eigenvalue weighted by atomic mass is 16.3. The third kappa shape index (κ3) is 2.93. The van der Waals surface area contributed by atoms with E-state index < -0.39 is 5.56 Å². The number of hydrogen-bond acceptors (Lipinski definition) is 7. The normalized spacial score (nSPS) is 15.4. The van der Waals surface area contributed by atoms with Gasteiger partial charge in [0.15, 0.2) is 17.4 Å². The fourth-order valence-corrected chi connectivity index (χ4v) is 1.81. The lowest BCUT2D eigenvalue weighted by Crippen LogP contribution is -2.30. The summed E-state index contributed by atoms with van der Waals surface area (Å²) in [6.45, 7) is 1.97. The molecule has 5 N–H and O–H groups in total. The summed E-state index contributed by atoms with van der Waals surface area (Å²) in [5.41, 5.74) is 5.19. The highest BCUT2D eigenvalue weighted by Crippen LogP contribution is 2.02. The third-order valence-electron chi connectivity index (χ3n) is 2.89. The summed E-state index contributed by atoms with van der Waals surface area (Å²) in [5, 5.41) is 20.6. The van der Waals surface area contributed by atoms with Gasteiger partial charge in [0.25, 0.3) is 5.56 Å². The van der Waals surface area contributed by atoms with Crippen LogP contribution in [0.4, 0.5) is 5.95 Å². The van der Waals surface area contributed by atoms with E-state index >= 15 is 0 Å². The summed E-state index contributed by atoms with van der Waals surface area (Å²) in [7, 11) is 0. The first-order valence-corrected chi connectivity index (χ1v) is 6.14. The Labute approximate surface area is 114 Å². The minimum atomic E-state index is -0.539. The van der Waals surface area contributed by atoms with Crippen molar-refractivity contribution in [1.29, 1.82) is 5.26 Å². The van der Waals surface area contributed by atoms with Crippen molar-refractivity contribution in [3.63, 3.8) is 0 Å². The fraction of sp³-hybridized carbons (Fsp3) is 0.455. The number of aliphatic hydroxyl groups excluding tert-OH is 1. The number of hydrogen-bond donors (Lipinski definition) is 4. The minimum Gasteiger partial charge on any atom is -0.393 e. The van der Waals surface area contributed by atoms with Gasteiger partial charge in [-0.15, -0.1) is 0 Å². The van der Waals surface area contributed by atoms with E-state index in [1.54, 1.807) is 6.19 Å². The van der Waals surface area contributed by atoms with Crippen LogP contribution in [0.3, 0.4) is 0 Å². The quantitative estimate of drug-likeness (QED) is 0.471. The summed E-state index contributed by atoms with van der Waals surface area (Å²) in [5.74, 6) is -0.160. The van der Waals surface area contributed by atoms with Crippen LogP contribution < -0.4 is 16.6 Å². The number of nitrogens with two attached hydrogens (primary N) is 1. The van der Waals surface area contributed by atoms with Crippen molar-refractivity contribution in [3.8, 4) is 6.19 Å². The van der Waals surface area contributed by atoms with Crippen molar-refractivity contribution in [2.45, 2.75) is 18.9 Å². The molecule has 0 radical (unpaired) electrons. The van der Waals surface area contributed by atoms with Gasteiger partial charge < -0.3 is 21.1 Å². The molecule has 3 heterocycles. The van der Waals surface area contributed by atoms with E-state index in [0.717, 1.165) is 25.9 Å². The smallest absolute Gasteiger partial charge is 0.294 e. The molecule has 106 valence electrons. The molecule has 9 heteroatoms. The Balaban J connectivity index is 0.000000178. The third-order valence-corrected chi connectivity index (χ3v) is 2.89. The molecule has 1 saturated heterocycles. The molecule has 1 aliphatic rings. The number of aromatic nitrogens is 4. The van der Waals surface area contributed by atoms with E-state index in [1.807, 2.05) is 0 Å². The molecular formula is C11H15N7O2. The van der Waals surface area contributed by atoms with E-state index in [4.69, 9.17) is 16.1 Å². The van der Waals surface area contributed by atoms with Crippen LogP contribution in [-0.2, 0) is 0 Å². The van der Waals surface area contributed by atoms with Crippen LogP contribution >= 0.6 is 0 Å². The van der Waals surface area contributed by atoms with E-state index in [-0.39, 0.29) is 23.2 Å². The average Bonchev–Trinajstić information content (AvgIpc) is 2.89. The Morgan fingerprint density at radius 3 is 2.75 bits per heavy atom. The number of aliphatic hydroxyl groups is 1. The van der Waals surface area contributed by atoms with Crippen molar-refractivity contribution < 1.29 is 5.11 Å². The van der Waals surface area contributed by atoms with E-state index in [0.29, 0.717) is 4.57 Å². The number of imidazole rings is 1. The monoisotopic (exact) mass is 277 g/mol. The number of fused-ring (bicyclic) bond motifs is 1. The van der Waals surface area contributed by atoms with E-state index in [9.17, 15) is 4.79 Å². The topological polar surface area (TPSA) is 146 Å². The van der Waals surface area contributed by atoms with Crippen LogP contribution in [0.5, 0.6) is 0 Å². The zero-order chi connectivity index (χ0) is 14.5. The Bertz CT molecular complexity index is 678. The molecule has 0 bridgehead atoms. The summed E-state index contributed by atoms with van der Waals surface area (Å²) >= 11 is 0. The summed E-state index contributed by atoms with van der Waals surface area (Å²) in [6.07, 6.45) is 4.77. The molecule has 0 saturated carbocycles. The number of nitrogens with zero attached hydrogens (tertiary/aromatic N) is 4. The van der Waals surface area contributed by atoms with Crippen LogP contribution in [-0.4, -0.2) is 43.8 Å².